The van der Waals surface area contributed by atoms with Gasteiger partial charge in [0.15, 0.2) is 5.82 Å². The molecule has 0 aliphatic carbocycles. The Balaban J connectivity index is 2.08. The van der Waals surface area contributed by atoms with E-state index in [1.807, 2.05) is 7.05 Å². The summed E-state index contributed by atoms with van der Waals surface area (Å²) in [5, 5.41) is 15.5. The van der Waals surface area contributed by atoms with Gasteiger partial charge in [0, 0.05) is 12.5 Å². The minimum Gasteiger partial charge on any atom is -0.317 e. The van der Waals surface area contributed by atoms with Crippen LogP contribution in [-0.2, 0) is 13.5 Å². The zero-order valence-electron chi connectivity index (χ0n) is 12.7. The molecule has 0 spiro atoms. The highest BCUT2D eigenvalue weighted by molar-refractivity contribution is 4.83. The number of hydrogen-bond acceptors (Lipinski definition) is 4. The highest BCUT2D eigenvalue weighted by atomic mass is 15.6. The minimum absolute atomic E-state index is 0.472. The van der Waals surface area contributed by atoms with Gasteiger partial charge in [0.05, 0.1) is 7.05 Å². The van der Waals surface area contributed by atoms with E-state index < -0.39 is 0 Å². The molecule has 0 saturated heterocycles. The van der Waals surface area contributed by atoms with Crippen molar-refractivity contribution in [3.8, 4) is 0 Å². The molecule has 1 aromatic rings. The van der Waals surface area contributed by atoms with Gasteiger partial charge in [-0.25, -0.2) is 0 Å². The molecule has 1 aromatic heterocycles. The normalized spacial score (nSPS) is 12.8. The second kappa shape index (κ2) is 9.89. The van der Waals surface area contributed by atoms with E-state index in [-0.39, 0.29) is 0 Å². The molecule has 5 nitrogen and oxygen atoms in total. The van der Waals surface area contributed by atoms with Crippen molar-refractivity contribution in [3.63, 3.8) is 0 Å². The fraction of sp³-hybridized carbons (Fsp3) is 0.929. The standard InChI is InChI=1S/C14H29N5/c1-4-5-6-7-8-9-10-11-13(15-2)12-14-16-18-19(3)17-14/h13,15H,4-12H2,1-3H3. The maximum atomic E-state index is 4.23. The Kier molecular flexibility index (Phi) is 8.38. The molecule has 0 amide bonds. The van der Waals surface area contributed by atoms with E-state index in [0.717, 1.165) is 12.2 Å². The van der Waals surface area contributed by atoms with Crippen LogP contribution in [0.1, 0.15) is 64.1 Å². The molecule has 0 aromatic carbocycles. The predicted octanol–water partition coefficient (Wildman–Crippen LogP) is 2.48. The summed E-state index contributed by atoms with van der Waals surface area (Å²) in [5.41, 5.74) is 0. The molecule has 0 fully saturated rings. The van der Waals surface area contributed by atoms with Gasteiger partial charge < -0.3 is 5.32 Å². The van der Waals surface area contributed by atoms with Crippen molar-refractivity contribution in [2.75, 3.05) is 7.05 Å². The van der Waals surface area contributed by atoms with Crippen LogP contribution >= 0.6 is 0 Å². The number of aromatic nitrogens is 4. The molecule has 110 valence electrons. The van der Waals surface area contributed by atoms with E-state index in [2.05, 4.69) is 27.7 Å². The van der Waals surface area contributed by atoms with Crippen molar-refractivity contribution in [2.45, 2.75) is 70.8 Å². The lowest BCUT2D eigenvalue weighted by atomic mass is 10.0. The average Bonchev–Trinajstić information content (AvgIpc) is 2.81. The fourth-order valence-corrected chi connectivity index (χ4v) is 2.32. The number of tetrazole rings is 1. The first kappa shape index (κ1) is 16.1. The number of unbranched alkanes of at least 4 members (excludes halogenated alkanes) is 6. The number of likely N-dealkylation sites (N-methyl/N-ethyl adjacent to an activating group) is 1. The van der Waals surface area contributed by atoms with Gasteiger partial charge in [-0.15, -0.1) is 10.2 Å². The molecule has 0 radical (unpaired) electrons. The third kappa shape index (κ3) is 7.25. The molecule has 1 atom stereocenters. The van der Waals surface area contributed by atoms with Crippen LogP contribution in [0.2, 0.25) is 0 Å². The summed E-state index contributed by atoms with van der Waals surface area (Å²) in [6, 6.07) is 0.472. The van der Waals surface area contributed by atoms with Gasteiger partial charge in [-0.05, 0) is 18.7 Å². The molecule has 1 N–H and O–H groups in total. The summed E-state index contributed by atoms with van der Waals surface area (Å²) < 4.78 is 0. The van der Waals surface area contributed by atoms with Crippen molar-refractivity contribution < 1.29 is 0 Å². The number of nitrogens with one attached hydrogen (secondary N) is 1. The monoisotopic (exact) mass is 267 g/mol. The second-order valence-electron chi connectivity index (χ2n) is 5.29. The van der Waals surface area contributed by atoms with Gasteiger partial charge in [-0.1, -0.05) is 51.9 Å². The molecule has 1 unspecified atom stereocenters. The largest absolute Gasteiger partial charge is 0.317 e. The van der Waals surface area contributed by atoms with Crippen LogP contribution in [0.15, 0.2) is 0 Å². The zero-order chi connectivity index (χ0) is 13.9. The van der Waals surface area contributed by atoms with Crippen LogP contribution in [-0.4, -0.2) is 33.3 Å². The Morgan fingerprint density at radius 3 is 2.37 bits per heavy atom. The van der Waals surface area contributed by atoms with Crippen LogP contribution in [0.5, 0.6) is 0 Å². The summed E-state index contributed by atoms with van der Waals surface area (Å²) in [6.07, 6.45) is 11.6. The Labute approximate surface area is 117 Å². The molecular weight excluding hydrogens is 238 g/mol. The third-order valence-electron chi connectivity index (χ3n) is 3.54. The van der Waals surface area contributed by atoms with Crippen molar-refractivity contribution in [1.29, 1.82) is 0 Å². The maximum absolute atomic E-state index is 4.23. The smallest absolute Gasteiger partial charge is 0.176 e. The van der Waals surface area contributed by atoms with E-state index >= 15 is 0 Å². The van der Waals surface area contributed by atoms with Crippen molar-refractivity contribution in [2.24, 2.45) is 7.05 Å². The lowest BCUT2D eigenvalue weighted by Crippen LogP contribution is -2.28. The second-order valence-corrected chi connectivity index (χ2v) is 5.29. The molecule has 1 heterocycles. The Morgan fingerprint density at radius 1 is 1.11 bits per heavy atom. The molecule has 5 heteroatoms. The molecule has 0 aliphatic heterocycles. The van der Waals surface area contributed by atoms with Crippen molar-refractivity contribution in [3.05, 3.63) is 5.82 Å². The number of hydrogen-bond donors (Lipinski definition) is 1. The van der Waals surface area contributed by atoms with Gasteiger partial charge in [-0.3, -0.25) is 0 Å². The summed E-state index contributed by atoms with van der Waals surface area (Å²) >= 11 is 0. The summed E-state index contributed by atoms with van der Waals surface area (Å²) in [6.45, 7) is 2.26. The SMILES string of the molecule is CCCCCCCCCC(Cc1nnn(C)n1)NC. The number of rotatable bonds is 11. The van der Waals surface area contributed by atoms with E-state index in [0.29, 0.717) is 6.04 Å². The van der Waals surface area contributed by atoms with Gasteiger partial charge in [-0.2, -0.15) is 4.80 Å². The summed E-state index contributed by atoms with van der Waals surface area (Å²) in [7, 11) is 3.82. The van der Waals surface area contributed by atoms with Gasteiger partial charge in [0.25, 0.3) is 0 Å². The molecule has 1 rings (SSSR count). The number of aryl methyl sites for hydroxylation is 1. The minimum atomic E-state index is 0.472. The van der Waals surface area contributed by atoms with E-state index in [4.69, 9.17) is 0 Å². The molecular formula is C14H29N5. The Hall–Kier alpha value is -0.970. The van der Waals surface area contributed by atoms with Crippen molar-refractivity contribution in [1.82, 2.24) is 25.5 Å². The molecule has 0 bridgehead atoms. The van der Waals surface area contributed by atoms with Gasteiger partial charge in [0.1, 0.15) is 0 Å². The highest BCUT2D eigenvalue weighted by Crippen LogP contribution is 2.11. The van der Waals surface area contributed by atoms with Gasteiger partial charge in [0.2, 0.25) is 0 Å². The van der Waals surface area contributed by atoms with Crippen LogP contribution in [0, 0.1) is 0 Å². The molecule has 0 saturated carbocycles. The number of nitrogens with zero attached hydrogens (tertiary/aromatic N) is 4. The Morgan fingerprint density at radius 2 is 1.79 bits per heavy atom. The maximum Gasteiger partial charge on any atom is 0.176 e. The van der Waals surface area contributed by atoms with Crippen LogP contribution in [0.3, 0.4) is 0 Å². The Bertz CT molecular complexity index is 323. The van der Waals surface area contributed by atoms with Crippen LogP contribution < -0.4 is 5.32 Å². The molecule has 19 heavy (non-hydrogen) atoms. The van der Waals surface area contributed by atoms with E-state index in [9.17, 15) is 0 Å². The summed E-state index contributed by atoms with van der Waals surface area (Å²) in [5.74, 6) is 0.838. The topological polar surface area (TPSA) is 55.6 Å². The van der Waals surface area contributed by atoms with Gasteiger partial charge >= 0.3 is 0 Å². The average molecular weight is 267 g/mol. The highest BCUT2D eigenvalue weighted by Gasteiger charge is 2.10. The van der Waals surface area contributed by atoms with E-state index in [1.165, 1.54) is 56.2 Å². The first-order chi connectivity index (χ1) is 9.26. The lowest BCUT2D eigenvalue weighted by Gasteiger charge is -2.13. The lowest BCUT2D eigenvalue weighted by molar-refractivity contribution is 0.470. The van der Waals surface area contributed by atoms with Crippen LogP contribution in [0.25, 0.3) is 0 Å². The first-order valence-electron chi connectivity index (χ1n) is 7.66. The van der Waals surface area contributed by atoms with E-state index in [1.54, 1.807) is 7.05 Å². The van der Waals surface area contributed by atoms with Crippen molar-refractivity contribution >= 4 is 0 Å². The third-order valence-corrected chi connectivity index (χ3v) is 3.54. The molecule has 0 aliphatic rings. The fourth-order valence-electron chi connectivity index (χ4n) is 2.32. The zero-order valence-corrected chi connectivity index (χ0v) is 12.7. The summed E-state index contributed by atoms with van der Waals surface area (Å²) in [4.78, 5) is 1.52. The van der Waals surface area contributed by atoms with Crippen LogP contribution in [0.4, 0.5) is 0 Å². The first-order valence-corrected chi connectivity index (χ1v) is 7.66. The quantitative estimate of drug-likeness (QED) is 0.626. The predicted molar refractivity (Wildman–Crippen MR) is 78.0 cm³/mol.